The zero-order valence-corrected chi connectivity index (χ0v) is 8.87. The van der Waals surface area contributed by atoms with Gasteiger partial charge in [-0.15, -0.1) is 5.10 Å². The molecule has 0 bridgehead atoms. The molecule has 3 rings (SSSR count). The lowest BCUT2D eigenvalue weighted by Crippen LogP contribution is -2.25. The lowest BCUT2D eigenvalue weighted by Gasteiger charge is -2.18. The van der Waals surface area contributed by atoms with E-state index >= 15 is 0 Å². The number of pyridine rings is 1. The van der Waals surface area contributed by atoms with E-state index in [0.717, 1.165) is 36.5 Å². The first-order chi connectivity index (χ1) is 7.84. The fourth-order valence-corrected chi connectivity index (χ4v) is 2.00. The Labute approximate surface area is 93.3 Å². The zero-order chi connectivity index (χ0) is 11.0. The number of nitrogens with two attached hydrogens (primary N) is 1. The Morgan fingerprint density at radius 2 is 2.38 bits per heavy atom. The number of aromatic nitrogens is 4. The van der Waals surface area contributed by atoms with Crippen molar-refractivity contribution in [2.75, 3.05) is 0 Å². The molecule has 1 atom stereocenters. The number of hydrogen-bond acceptors (Lipinski definition) is 4. The molecule has 1 unspecified atom stereocenters. The van der Waals surface area contributed by atoms with E-state index in [0.29, 0.717) is 0 Å². The maximum atomic E-state index is 5.98. The molecule has 0 radical (unpaired) electrons. The van der Waals surface area contributed by atoms with Crippen molar-refractivity contribution >= 4 is 0 Å². The van der Waals surface area contributed by atoms with Crippen LogP contribution in [0.15, 0.2) is 24.5 Å². The maximum Gasteiger partial charge on any atom is 0.183 e. The van der Waals surface area contributed by atoms with Gasteiger partial charge in [-0.3, -0.25) is 4.98 Å². The maximum absolute atomic E-state index is 5.98. The molecule has 5 heteroatoms. The second-order valence-electron chi connectivity index (χ2n) is 4.00. The Balaban J connectivity index is 2.05. The minimum absolute atomic E-state index is 0.0262. The zero-order valence-electron chi connectivity index (χ0n) is 8.87. The highest BCUT2D eigenvalue weighted by atomic mass is 15.4. The molecule has 2 aromatic heterocycles. The van der Waals surface area contributed by atoms with Crippen LogP contribution in [0.1, 0.15) is 24.8 Å². The van der Waals surface area contributed by atoms with Crippen LogP contribution in [0, 0.1) is 0 Å². The number of hydrogen-bond donors (Lipinski definition) is 1. The predicted molar refractivity (Wildman–Crippen MR) is 59.4 cm³/mol. The van der Waals surface area contributed by atoms with Crippen molar-refractivity contribution in [1.29, 1.82) is 0 Å². The third kappa shape index (κ3) is 1.49. The molecule has 0 spiro atoms. The monoisotopic (exact) mass is 215 g/mol. The van der Waals surface area contributed by atoms with Crippen LogP contribution in [0.2, 0.25) is 0 Å². The average molecular weight is 215 g/mol. The molecule has 0 aliphatic carbocycles. The number of nitrogens with zero attached hydrogens (tertiary/aromatic N) is 4. The fraction of sp³-hybridized carbons (Fsp3) is 0.364. The predicted octanol–water partition coefficient (Wildman–Crippen LogP) is 1.13. The van der Waals surface area contributed by atoms with Crippen molar-refractivity contribution in [3.63, 3.8) is 0 Å². The SMILES string of the molecule is NC1CCCc2nc(-c3cccnc3)nn21. The van der Waals surface area contributed by atoms with Crippen molar-refractivity contribution < 1.29 is 0 Å². The largest absolute Gasteiger partial charge is 0.310 e. The summed E-state index contributed by atoms with van der Waals surface area (Å²) in [7, 11) is 0. The van der Waals surface area contributed by atoms with Gasteiger partial charge in [-0.2, -0.15) is 0 Å². The standard InChI is InChI=1S/C11H13N5/c12-9-4-1-5-10-14-11(15-16(9)10)8-3-2-6-13-7-8/h2-3,6-7,9H,1,4-5,12H2. The minimum atomic E-state index is -0.0262. The van der Waals surface area contributed by atoms with E-state index in [9.17, 15) is 0 Å². The first-order valence-electron chi connectivity index (χ1n) is 5.46. The van der Waals surface area contributed by atoms with Crippen LogP contribution in [-0.4, -0.2) is 19.7 Å². The topological polar surface area (TPSA) is 69.6 Å². The van der Waals surface area contributed by atoms with Gasteiger partial charge in [0.1, 0.15) is 12.0 Å². The third-order valence-corrected chi connectivity index (χ3v) is 2.84. The van der Waals surface area contributed by atoms with Crippen LogP contribution in [0.3, 0.4) is 0 Å². The lowest BCUT2D eigenvalue weighted by atomic mass is 10.1. The Morgan fingerprint density at radius 1 is 1.44 bits per heavy atom. The van der Waals surface area contributed by atoms with E-state index in [2.05, 4.69) is 15.1 Å². The van der Waals surface area contributed by atoms with Gasteiger partial charge in [0.15, 0.2) is 5.82 Å². The van der Waals surface area contributed by atoms with Gasteiger partial charge >= 0.3 is 0 Å². The molecule has 0 saturated heterocycles. The van der Waals surface area contributed by atoms with E-state index in [-0.39, 0.29) is 6.17 Å². The van der Waals surface area contributed by atoms with Gasteiger partial charge in [-0.05, 0) is 25.0 Å². The Hall–Kier alpha value is -1.75. The quantitative estimate of drug-likeness (QED) is 0.774. The van der Waals surface area contributed by atoms with E-state index in [1.807, 2.05) is 16.8 Å². The van der Waals surface area contributed by atoms with Crippen LogP contribution in [0.5, 0.6) is 0 Å². The summed E-state index contributed by atoms with van der Waals surface area (Å²) >= 11 is 0. The number of aryl methyl sites for hydroxylation is 1. The molecule has 0 fully saturated rings. The van der Waals surface area contributed by atoms with Crippen molar-refractivity contribution in [1.82, 2.24) is 19.7 Å². The summed E-state index contributed by atoms with van der Waals surface area (Å²) in [5.74, 6) is 1.71. The second-order valence-corrected chi connectivity index (χ2v) is 4.00. The highest BCUT2D eigenvalue weighted by molar-refractivity contribution is 5.52. The van der Waals surface area contributed by atoms with Crippen LogP contribution in [0.4, 0.5) is 0 Å². The minimum Gasteiger partial charge on any atom is -0.310 e. The molecule has 5 nitrogen and oxygen atoms in total. The highest BCUT2D eigenvalue weighted by Gasteiger charge is 2.20. The fourth-order valence-electron chi connectivity index (χ4n) is 2.00. The molecule has 3 heterocycles. The molecular weight excluding hydrogens is 202 g/mol. The van der Waals surface area contributed by atoms with E-state index < -0.39 is 0 Å². The molecular formula is C11H13N5. The molecule has 1 aliphatic rings. The van der Waals surface area contributed by atoms with E-state index in [4.69, 9.17) is 5.73 Å². The summed E-state index contributed by atoms with van der Waals surface area (Å²) in [4.78, 5) is 8.57. The van der Waals surface area contributed by atoms with Gasteiger partial charge in [0, 0.05) is 24.4 Å². The summed E-state index contributed by atoms with van der Waals surface area (Å²) < 4.78 is 1.84. The van der Waals surface area contributed by atoms with Crippen LogP contribution in [-0.2, 0) is 6.42 Å². The summed E-state index contributed by atoms with van der Waals surface area (Å²) in [6.07, 6.45) is 6.51. The van der Waals surface area contributed by atoms with Crippen LogP contribution in [0.25, 0.3) is 11.4 Å². The summed E-state index contributed by atoms with van der Waals surface area (Å²) in [5, 5.41) is 4.44. The molecule has 0 saturated carbocycles. The molecule has 2 aromatic rings. The summed E-state index contributed by atoms with van der Waals surface area (Å²) in [5.41, 5.74) is 6.92. The van der Waals surface area contributed by atoms with Crippen LogP contribution < -0.4 is 5.73 Å². The van der Waals surface area contributed by atoms with E-state index in [1.165, 1.54) is 0 Å². The van der Waals surface area contributed by atoms with Gasteiger partial charge in [0.25, 0.3) is 0 Å². The van der Waals surface area contributed by atoms with Gasteiger partial charge in [0.2, 0.25) is 0 Å². The van der Waals surface area contributed by atoms with Crippen molar-refractivity contribution in [3.8, 4) is 11.4 Å². The summed E-state index contributed by atoms with van der Waals surface area (Å²) in [6.45, 7) is 0. The van der Waals surface area contributed by atoms with Crippen LogP contribution >= 0.6 is 0 Å². The summed E-state index contributed by atoms with van der Waals surface area (Å²) in [6, 6.07) is 3.84. The van der Waals surface area contributed by atoms with E-state index in [1.54, 1.807) is 12.4 Å². The second kappa shape index (κ2) is 3.68. The first-order valence-corrected chi connectivity index (χ1v) is 5.46. The van der Waals surface area contributed by atoms with Gasteiger partial charge in [-0.25, -0.2) is 9.67 Å². The molecule has 0 amide bonds. The lowest BCUT2D eigenvalue weighted by molar-refractivity contribution is 0.373. The molecule has 82 valence electrons. The normalized spacial score (nSPS) is 19.4. The van der Waals surface area contributed by atoms with Gasteiger partial charge in [-0.1, -0.05) is 0 Å². The Morgan fingerprint density at radius 3 is 3.12 bits per heavy atom. The Bertz CT molecular complexity index is 490. The Kier molecular flexibility index (Phi) is 2.18. The molecule has 2 N–H and O–H groups in total. The molecule has 1 aliphatic heterocycles. The highest BCUT2D eigenvalue weighted by Crippen LogP contribution is 2.22. The van der Waals surface area contributed by atoms with Gasteiger partial charge < -0.3 is 5.73 Å². The average Bonchev–Trinajstić information content (AvgIpc) is 2.76. The number of rotatable bonds is 1. The molecule has 16 heavy (non-hydrogen) atoms. The van der Waals surface area contributed by atoms with Gasteiger partial charge in [0.05, 0.1) is 0 Å². The number of fused-ring (bicyclic) bond motifs is 1. The van der Waals surface area contributed by atoms with Crippen molar-refractivity contribution in [2.24, 2.45) is 5.73 Å². The molecule has 0 aromatic carbocycles. The van der Waals surface area contributed by atoms with Crippen molar-refractivity contribution in [2.45, 2.75) is 25.4 Å². The third-order valence-electron chi connectivity index (χ3n) is 2.84. The van der Waals surface area contributed by atoms with Crippen molar-refractivity contribution in [3.05, 3.63) is 30.4 Å². The first kappa shape index (κ1) is 9.47. The smallest absolute Gasteiger partial charge is 0.183 e.